The number of rotatable bonds is 6. The van der Waals surface area contributed by atoms with Crippen LogP contribution in [0.1, 0.15) is 5.56 Å². The molecule has 0 spiro atoms. The first-order valence-electron chi connectivity index (χ1n) is 4.91. The van der Waals surface area contributed by atoms with Gasteiger partial charge in [0, 0.05) is 18.1 Å². The summed E-state index contributed by atoms with van der Waals surface area (Å²) in [6.07, 6.45) is 0. The minimum atomic E-state index is -0.0877. The van der Waals surface area contributed by atoms with Crippen molar-refractivity contribution in [1.82, 2.24) is 5.32 Å². The maximum Gasteiger partial charge on any atom is 0.233 e. The van der Waals surface area contributed by atoms with E-state index in [1.54, 1.807) is 11.8 Å². The number of nitrogens with one attached hydrogen (secondary N) is 1. The van der Waals surface area contributed by atoms with Crippen molar-refractivity contribution >= 4 is 17.7 Å². The van der Waals surface area contributed by atoms with E-state index in [2.05, 4.69) is 17.4 Å². The first-order chi connectivity index (χ1) is 7.33. The third-order valence-electron chi connectivity index (χ3n) is 1.87. The number of carbonyl (C=O) groups excluding carboxylic acids is 1. The van der Waals surface area contributed by atoms with Gasteiger partial charge in [-0.1, -0.05) is 30.3 Å². The van der Waals surface area contributed by atoms with E-state index in [1.165, 1.54) is 5.56 Å². The van der Waals surface area contributed by atoms with Crippen molar-refractivity contribution in [3.63, 3.8) is 0 Å². The predicted octanol–water partition coefficient (Wildman–Crippen LogP) is 0.995. The molecule has 0 aliphatic carbocycles. The topological polar surface area (TPSA) is 55.1 Å². The Balaban J connectivity index is 2.05. The molecule has 0 bridgehead atoms. The van der Waals surface area contributed by atoms with Gasteiger partial charge in [0.05, 0.1) is 6.54 Å². The normalized spacial score (nSPS) is 9.93. The van der Waals surface area contributed by atoms with Crippen molar-refractivity contribution in [2.45, 2.75) is 5.75 Å². The monoisotopic (exact) mass is 224 g/mol. The lowest BCUT2D eigenvalue weighted by Crippen LogP contribution is -2.31. The lowest BCUT2D eigenvalue weighted by atomic mass is 10.2. The molecule has 0 fully saturated rings. The van der Waals surface area contributed by atoms with Crippen LogP contribution in [0.4, 0.5) is 0 Å². The third-order valence-corrected chi connectivity index (χ3v) is 2.90. The fourth-order valence-electron chi connectivity index (χ4n) is 1.10. The van der Waals surface area contributed by atoms with Crippen LogP contribution in [-0.4, -0.2) is 24.7 Å². The van der Waals surface area contributed by atoms with Gasteiger partial charge < -0.3 is 11.1 Å². The highest BCUT2D eigenvalue weighted by Gasteiger charge is 1.96. The van der Waals surface area contributed by atoms with Crippen molar-refractivity contribution in [3.8, 4) is 0 Å². The van der Waals surface area contributed by atoms with Crippen LogP contribution in [0.25, 0.3) is 0 Å². The van der Waals surface area contributed by atoms with Gasteiger partial charge >= 0.3 is 0 Å². The van der Waals surface area contributed by atoms with E-state index in [9.17, 15) is 4.79 Å². The second kappa shape index (κ2) is 7.31. The van der Waals surface area contributed by atoms with E-state index >= 15 is 0 Å². The van der Waals surface area contributed by atoms with Crippen LogP contribution in [0, 0.1) is 0 Å². The molecule has 0 saturated carbocycles. The highest BCUT2D eigenvalue weighted by molar-refractivity contribution is 7.98. The summed E-state index contributed by atoms with van der Waals surface area (Å²) >= 11 is 1.80. The fraction of sp³-hybridized carbons (Fsp3) is 0.364. The van der Waals surface area contributed by atoms with Gasteiger partial charge in [0.1, 0.15) is 0 Å². The van der Waals surface area contributed by atoms with Crippen molar-refractivity contribution in [1.29, 1.82) is 0 Å². The lowest BCUT2D eigenvalue weighted by molar-refractivity contribution is -0.119. The number of hydrogen-bond acceptors (Lipinski definition) is 3. The molecule has 3 nitrogen and oxygen atoms in total. The molecule has 1 amide bonds. The van der Waals surface area contributed by atoms with E-state index in [4.69, 9.17) is 5.73 Å². The maximum absolute atomic E-state index is 10.8. The van der Waals surface area contributed by atoms with Crippen LogP contribution >= 0.6 is 11.8 Å². The van der Waals surface area contributed by atoms with E-state index in [0.29, 0.717) is 6.54 Å². The summed E-state index contributed by atoms with van der Waals surface area (Å²) in [4.78, 5) is 10.8. The Bertz CT molecular complexity index is 290. The van der Waals surface area contributed by atoms with Gasteiger partial charge in [-0.2, -0.15) is 11.8 Å². The molecule has 0 aromatic heterocycles. The van der Waals surface area contributed by atoms with Gasteiger partial charge in [0.25, 0.3) is 0 Å². The zero-order valence-corrected chi connectivity index (χ0v) is 9.43. The van der Waals surface area contributed by atoms with Gasteiger partial charge in [-0.15, -0.1) is 0 Å². The SMILES string of the molecule is NCC(=O)NCCSCc1ccccc1. The van der Waals surface area contributed by atoms with Crippen LogP contribution in [0.5, 0.6) is 0 Å². The van der Waals surface area contributed by atoms with E-state index in [1.807, 2.05) is 18.2 Å². The average Bonchev–Trinajstić information content (AvgIpc) is 2.29. The molecule has 82 valence electrons. The Morgan fingerprint density at radius 2 is 2.07 bits per heavy atom. The summed E-state index contributed by atoms with van der Waals surface area (Å²) in [6, 6.07) is 10.3. The fourth-order valence-corrected chi connectivity index (χ4v) is 1.92. The Morgan fingerprint density at radius 1 is 1.33 bits per heavy atom. The largest absolute Gasteiger partial charge is 0.354 e. The van der Waals surface area contributed by atoms with E-state index in [0.717, 1.165) is 11.5 Å². The molecular weight excluding hydrogens is 208 g/mol. The Morgan fingerprint density at radius 3 is 2.73 bits per heavy atom. The summed E-state index contributed by atoms with van der Waals surface area (Å²) in [6.45, 7) is 0.761. The van der Waals surface area contributed by atoms with Gasteiger partial charge in [-0.05, 0) is 5.56 Å². The first kappa shape index (κ1) is 12.1. The molecule has 0 heterocycles. The van der Waals surface area contributed by atoms with Gasteiger partial charge in [-0.3, -0.25) is 4.79 Å². The van der Waals surface area contributed by atoms with E-state index < -0.39 is 0 Å². The minimum Gasteiger partial charge on any atom is -0.354 e. The molecular formula is C11H16N2OS. The summed E-state index contributed by atoms with van der Waals surface area (Å²) in [5, 5.41) is 2.73. The van der Waals surface area contributed by atoms with Crippen LogP contribution in [0.2, 0.25) is 0 Å². The lowest BCUT2D eigenvalue weighted by Gasteiger charge is -2.03. The van der Waals surface area contributed by atoms with Gasteiger partial charge in [0.2, 0.25) is 5.91 Å². The molecule has 4 heteroatoms. The zero-order chi connectivity index (χ0) is 10.9. The Kier molecular flexibility index (Phi) is 5.88. The van der Waals surface area contributed by atoms with Crippen LogP contribution < -0.4 is 11.1 Å². The van der Waals surface area contributed by atoms with Crippen LogP contribution in [0.3, 0.4) is 0 Å². The van der Waals surface area contributed by atoms with Crippen molar-refractivity contribution in [2.75, 3.05) is 18.8 Å². The first-order valence-corrected chi connectivity index (χ1v) is 6.07. The average molecular weight is 224 g/mol. The molecule has 1 rings (SSSR count). The summed E-state index contributed by atoms with van der Waals surface area (Å²) in [5.41, 5.74) is 6.47. The summed E-state index contributed by atoms with van der Waals surface area (Å²) in [7, 11) is 0. The molecule has 0 aliphatic heterocycles. The maximum atomic E-state index is 10.8. The number of nitrogens with two attached hydrogens (primary N) is 1. The van der Waals surface area contributed by atoms with Crippen molar-refractivity contribution < 1.29 is 4.79 Å². The smallest absolute Gasteiger partial charge is 0.233 e. The van der Waals surface area contributed by atoms with E-state index in [-0.39, 0.29) is 12.5 Å². The van der Waals surface area contributed by atoms with Gasteiger partial charge in [-0.25, -0.2) is 0 Å². The standard InChI is InChI=1S/C11H16N2OS/c12-8-11(14)13-6-7-15-9-10-4-2-1-3-5-10/h1-5H,6-9,12H2,(H,13,14). The highest BCUT2D eigenvalue weighted by Crippen LogP contribution is 2.10. The van der Waals surface area contributed by atoms with Crippen LogP contribution in [0.15, 0.2) is 30.3 Å². The summed E-state index contributed by atoms with van der Waals surface area (Å²) in [5.74, 6) is 1.82. The molecule has 0 saturated heterocycles. The minimum absolute atomic E-state index is 0.0728. The number of amides is 1. The Hall–Kier alpha value is -1.00. The number of hydrogen-bond donors (Lipinski definition) is 2. The molecule has 3 N–H and O–H groups in total. The molecule has 0 aliphatic rings. The number of benzene rings is 1. The van der Waals surface area contributed by atoms with Gasteiger partial charge in [0.15, 0.2) is 0 Å². The molecule has 0 radical (unpaired) electrons. The molecule has 1 aromatic rings. The van der Waals surface area contributed by atoms with Crippen molar-refractivity contribution in [2.24, 2.45) is 5.73 Å². The second-order valence-electron chi connectivity index (χ2n) is 3.09. The quantitative estimate of drug-likeness (QED) is 0.709. The predicted molar refractivity (Wildman–Crippen MR) is 64.7 cm³/mol. The third kappa shape index (κ3) is 5.44. The molecule has 0 unspecified atom stereocenters. The van der Waals surface area contributed by atoms with Crippen LogP contribution in [-0.2, 0) is 10.5 Å². The number of thioether (sulfide) groups is 1. The molecule has 0 atom stereocenters. The van der Waals surface area contributed by atoms with Crippen molar-refractivity contribution in [3.05, 3.63) is 35.9 Å². The highest BCUT2D eigenvalue weighted by atomic mass is 32.2. The molecule has 1 aromatic carbocycles. The second-order valence-corrected chi connectivity index (χ2v) is 4.20. The summed E-state index contributed by atoms with van der Waals surface area (Å²) < 4.78 is 0. The molecule has 15 heavy (non-hydrogen) atoms. The number of carbonyl (C=O) groups is 1. The zero-order valence-electron chi connectivity index (χ0n) is 8.61. The Labute approximate surface area is 94.4 Å².